The molecule has 3 rings (SSSR count). The molecule has 4 nitrogen and oxygen atoms in total. The Kier molecular flexibility index (Phi) is 3.99. The van der Waals surface area contributed by atoms with E-state index < -0.39 is 5.67 Å². The number of likely N-dealkylation sites (tertiary alicyclic amines) is 1. The Morgan fingerprint density at radius 3 is 2.43 bits per heavy atom. The first-order valence-corrected chi connectivity index (χ1v) is 8.23. The fourth-order valence-electron chi connectivity index (χ4n) is 3.89. The molecular formula is C16H27FN2O2. The predicted molar refractivity (Wildman–Crippen MR) is 78.9 cm³/mol. The van der Waals surface area contributed by atoms with E-state index >= 15 is 0 Å². The Bertz CT molecular complexity index is 401. The molecule has 0 aromatic rings. The lowest BCUT2D eigenvalue weighted by molar-refractivity contribution is -0.162. The molecule has 1 amide bonds. The molecule has 21 heavy (non-hydrogen) atoms. The molecule has 3 fully saturated rings. The van der Waals surface area contributed by atoms with Gasteiger partial charge in [0.1, 0.15) is 0 Å². The molecule has 0 aromatic heterocycles. The number of rotatable bonds is 2. The fraction of sp³-hybridized carbons (Fsp3) is 0.938. The summed E-state index contributed by atoms with van der Waals surface area (Å²) >= 11 is 0. The molecule has 0 bridgehead atoms. The van der Waals surface area contributed by atoms with Gasteiger partial charge in [0.05, 0.1) is 5.60 Å². The number of alkyl halides is 1. The maximum atomic E-state index is 14.3. The molecule has 2 aliphatic heterocycles. The average Bonchev–Trinajstić information content (AvgIpc) is 2.45. The van der Waals surface area contributed by atoms with Crippen LogP contribution in [0.4, 0.5) is 4.39 Å². The van der Waals surface area contributed by atoms with Gasteiger partial charge in [-0.1, -0.05) is 0 Å². The standard InChI is InChI=1S/C16H27FN2O2/c1-18(2)13-4-11-21-15(12-13)7-9-19(10-8-15)14(20)16(17)5-3-6-16/h13H,3-12H2,1-2H3. The van der Waals surface area contributed by atoms with Gasteiger partial charge in [0.15, 0.2) is 5.67 Å². The first kappa shape index (κ1) is 15.2. The summed E-state index contributed by atoms with van der Waals surface area (Å²) < 4.78 is 20.3. The normalized spacial score (nSPS) is 31.2. The van der Waals surface area contributed by atoms with E-state index in [-0.39, 0.29) is 11.5 Å². The zero-order chi connectivity index (χ0) is 15.1. The quantitative estimate of drug-likeness (QED) is 0.781. The molecule has 3 aliphatic rings. The molecule has 5 heteroatoms. The molecule has 1 unspecified atom stereocenters. The van der Waals surface area contributed by atoms with Crippen LogP contribution in [0.2, 0.25) is 0 Å². The Morgan fingerprint density at radius 1 is 1.24 bits per heavy atom. The van der Waals surface area contributed by atoms with Crippen molar-refractivity contribution in [3.8, 4) is 0 Å². The van der Waals surface area contributed by atoms with E-state index in [0.717, 1.165) is 38.7 Å². The van der Waals surface area contributed by atoms with Crippen molar-refractivity contribution in [1.29, 1.82) is 0 Å². The van der Waals surface area contributed by atoms with Gasteiger partial charge in [0, 0.05) is 25.7 Å². The summed E-state index contributed by atoms with van der Waals surface area (Å²) in [6, 6.07) is 0.556. The molecule has 0 radical (unpaired) electrons. The van der Waals surface area contributed by atoms with Crippen molar-refractivity contribution in [2.24, 2.45) is 0 Å². The minimum atomic E-state index is -1.55. The molecule has 1 atom stereocenters. The van der Waals surface area contributed by atoms with Crippen LogP contribution in [0.3, 0.4) is 0 Å². The predicted octanol–water partition coefficient (Wildman–Crippen LogP) is 1.98. The largest absolute Gasteiger partial charge is 0.375 e. The molecule has 1 saturated carbocycles. The maximum Gasteiger partial charge on any atom is 0.260 e. The first-order chi connectivity index (χ1) is 9.94. The summed E-state index contributed by atoms with van der Waals surface area (Å²) in [5.41, 5.74) is -1.64. The van der Waals surface area contributed by atoms with Gasteiger partial charge in [-0.15, -0.1) is 0 Å². The van der Waals surface area contributed by atoms with Crippen LogP contribution in [0.5, 0.6) is 0 Å². The molecule has 0 aromatic carbocycles. The molecule has 120 valence electrons. The molecular weight excluding hydrogens is 271 g/mol. The van der Waals surface area contributed by atoms with Gasteiger partial charge in [-0.05, 0) is 59.0 Å². The second kappa shape index (κ2) is 5.51. The molecule has 2 saturated heterocycles. The number of carbonyl (C=O) groups is 1. The number of piperidine rings is 1. The van der Waals surface area contributed by atoms with Crippen LogP contribution in [0, 0.1) is 0 Å². The monoisotopic (exact) mass is 298 g/mol. The van der Waals surface area contributed by atoms with E-state index in [9.17, 15) is 9.18 Å². The van der Waals surface area contributed by atoms with Crippen molar-refractivity contribution < 1.29 is 13.9 Å². The summed E-state index contributed by atoms with van der Waals surface area (Å²) in [7, 11) is 4.23. The maximum absolute atomic E-state index is 14.3. The Labute approximate surface area is 126 Å². The molecule has 0 N–H and O–H groups in total. The second-order valence-corrected chi connectivity index (χ2v) is 7.25. The zero-order valence-electron chi connectivity index (χ0n) is 13.2. The number of hydrogen-bond acceptors (Lipinski definition) is 3. The van der Waals surface area contributed by atoms with Crippen LogP contribution in [0.15, 0.2) is 0 Å². The summed E-state index contributed by atoms with van der Waals surface area (Å²) in [5.74, 6) is -0.274. The lowest BCUT2D eigenvalue weighted by Gasteiger charge is -2.48. The van der Waals surface area contributed by atoms with Crippen molar-refractivity contribution in [3.63, 3.8) is 0 Å². The van der Waals surface area contributed by atoms with E-state index in [0.29, 0.717) is 32.0 Å². The van der Waals surface area contributed by atoms with Crippen LogP contribution in [-0.2, 0) is 9.53 Å². The van der Waals surface area contributed by atoms with Gasteiger partial charge < -0.3 is 14.5 Å². The van der Waals surface area contributed by atoms with E-state index in [1.54, 1.807) is 4.90 Å². The van der Waals surface area contributed by atoms with Gasteiger partial charge in [-0.3, -0.25) is 4.79 Å². The minimum absolute atomic E-state index is 0.0902. The highest BCUT2D eigenvalue weighted by Gasteiger charge is 2.49. The fourth-order valence-corrected chi connectivity index (χ4v) is 3.89. The highest BCUT2D eigenvalue weighted by molar-refractivity contribution is 5.86. The van der Waals surface area contributed by atoms with Gasteiger partial charge in [-0.2, -0.15) is 0 Å². The average molecular weight is 298 g/mol. The Balaban J connectivity index is 1.58. The number of carbonyl (C=O) groups excluding carboxylic acids is 1. The van der Waals surface area contributed by atoms with Gasteiger partial charge in [-0.25, -0.2) is 4.39 Å². The summed E-state index contributed by atoms with van der Waals surface area (Å²) in [4.78, 5) is 16.2. The van der Waals surface area contributed by atoms with Crippen LogP contribution in [-0.4, -0.2) is 66.8 Å². The third kappa shape index (κ3) is 2.82. The van der Waals surface area contributed by atoms with Gasteiger partial charge in [0.2, 0.25) is 0 Å². The van der Waals surface area contributed by atoms with Crippen molar-refractivity contribution in [2.75, 3.05) is 33.8 Å². The number of halogens is 1. The van der Waals surface area contributed by atoms with Crippen molar-refractivity contribution in [2.45, 2.75) is 62.3 Å². The summed E-state index contributed by atoms with van der Waals surface area (Å²) in [6.45, 7) is 2.08. The smallest absolute Gasteiger partial charge is 0.260 e. The lowest BCUT2D eigenvalue weighted by Crippen LogP contribution is -2.57. The first-order valence-electron chi connectivity index (χ1n) is 8.23. The summed E-state index contributed by atoms with van der Waals surface area (Å²) in [5, 5.41) is 0. The van der Waals surface area contributed by atoms with Crippen LogP contribution < -0.4 is 0 Å². The van der Waals surface area contributed by atoms with E-state index in [1.807, 2.05) is 0 Å². The van der Waals surface area contributed by atoms with E-state index in [2.05, 4.69) is 19.0 Å². The zero-order valence-corrected chi connectivity index (χ0v) is 13.2. The van der Waals surface area contributed by atoms with Gasteiger partial charge >= 0.3 is 0 Å². The third-order valence-electron chi connectivity index (χ3n) is 5.69. The van der Waals surface area contributed by atoms with Crippen molar-refractivity contribution in [1.82, 2.24) is 9.80 Å². The highest BCUT2D eigenvalue weighted by Crippen LogP contribution is 2.40. The topological polar surface area (TPSA) is 32.8 Å². The summed E-state index contributed by atoms with van der Waals surface area (Å²) in [6.07, 6.45) is 5.46. The number of nitrogens with zero attached hydrogens (tertiary/aromatic N) is 2. The highest BCUT2D eigenvalue weighted by atomic mass is 19.1. The number of amides is 1. The number of ether oxygens (including phenoxy) is 1. The van der Waals surface area contributed by atoms with Crippen LogP contribution in [0.25, 0.3) is 0 Å². The molecule has 1 spiro atoms. The van der Waals surface area contributed by atoms with Crippen LogP contribution >= 0.6 is 0 Å². The van der Waals surface area contributed by atoms with Gasteiger partial charge in [0.25, 0.3) is 5.91 Å². The SMILES string of the molecule is CN(C)C1CCOC2(CCN(C(=O)C3(F)CCC3)CC2)C1. The number of hydrogen-bond donors (Lipinski definition) is 0. The molecule has 2 heterocycles. The minimum Gasteiger partial charge on any atom is -0.375 e. The third-order valence-corrected chi connectivity index (χ3v) is 5.69. The van der Waals surface area contributed by atoms with Crippen LogP contribution in [0.1, 0.15) is 44.9 Å². The van der Waals surface area contributed by atoms with E-state index in [1.165, 1.54) is 0 Å². The van der Waals surface area contributed by atoms with Crippen molar-refractivity contribution >= 4 is 5.91 Å². The molecule has 1 aliphatic carbocycles. The second-order valence-electron chi connectivity index (χ2n) is 7.25. The van der Waals surface area contributed by atoms with Crippen molar-refractivity contribution in [3.05, 3.63) is 0 Å². The van der Waals surface area contributed by atoms with E-state index in [4.69, 9.17) is 4.74 Å². The Morgan fingerprint density at radius 2 is 1.90 bits per heavy atom. The lowest BCUT2D eigenvalue weighted by atomic mass is 9.78. The Hall–Kier alpha value is -0.680.